The first kappa shape index (κ1) is 9.29. The van der Waals surface area contributed by atoms with Crippen LogP contribution in [0.3, 0.4) is 0 Å². The van der Waals surface area contributed by atoms with Gasteiger partial charge in [0.25, 0.3) is 0 Å². The number of nitrogens with zero attached hydrogens (tertiary/aromatic N) is 3. The maximum absolute atomic E-state index is 9.81. The van der Waals surface area contributed by atoms with Crippen LogP contribution in [0.5, 0.6) is 0 Å². The number of nitrogens with one attached hydrogen (secondary N) is 1. The number of hydrogen-bond donors (Lipinski definition) is 3. The van der Waals surface area contributed by atoms with E-state index in [4.69, 9.17) is 5.73 Å². The van der Waals surface area contributed by atoms with Crippen molar-refractivity contribution in [2.45, 2.75) is 18.9 Å². The standard InChI is InChI=1S/C10H11N5O/c1-4-2-5(8(4)16)6-7-9(13-3-12-7)15-10(11)14-6/h2-3,5,8,16H,1H3,(H3,11,12,13,14,15). The largest absolute Gasteiger partial charge is 0.388 e. The average molecular weight is 217 g/mol. The molecule has 2 aromatic rings. The fraction of sp³-hybridized carbons (Fsp3) is 0.300. The van der Waals surface area contributed by atoms with E-state index in [-0.39, 0.29) is 11.9 Å². The molecule has 82 valence electrons. The van der Waals surface area contributed by atoms with E-state index in [1.807, 2.05) is 13.0 Å². The molecule has 0 saturated carbocycles. The SMILES string of the molecule is CC1=CC(c2nc(N)nc3nc[nH]c23)C1O. The average Bonchev–Trinajstić information content (AvgIpc) is 2.72. The van der Waals surface area contributed by atoms with E-state index in [1.54, 1.807) is 6.33 Å². The van der Waals surface area contributed by atoms with Crippen molar-refractivity contribution >= 4 is 17.1 Å². The van der Waals surface area contributed by atoms with Gasteiger partial charge in [0, 0.05) is 0 Å². The molecule has 16 heavy (non-hydrogen) atoms. The van der Waals surface area contributed by atoms with E-state index >= 15 is 0 Å². The first-order valence-electron chi connectivity index (χ1n) is 4.99. The van der Waals surface area contributed by atoms with Gasteiger partial charge in [-0.2, -0.15) is 4.98 Å². The Labute approximate surface area is 91.2 Å². The zero-order valence-corrected chi connectivity index (χ0v) is 8.68. The number of H-pyrrole nitrogens is 1. The van der Waals surface area contributed by atoms with Gasteiger partial charge in [-0.15, -0.1) is 0 Å². The lowest BCUT2D eigenvalue weighted by Crippen LogP contribution is -2.28. The summed E-state index contributed by atoms with van der Waals surface area (Å²) >= 11 is 0. The van der Waals surface area contributed by atoms with Gasteiger partial charge in [0.05, 0.1) is 24.0 Å². The van der Waals surface area contributed by atoms with Gasteiger partial charge < -0.3 is 15.8 Å². The van der Waals surface area contributed by atoms with Crippen molar-refractivity contribution in [2.75, 3.05) is 5.73 Å². The minimum absolute atomic E-state index is 0.117. The van der Waals surface area contributed by atoms with Crippen LogP contribution in [0.15, 0.2) is 18.0 Å². The molecular weight excluding hydrogens is 206 g/mol. The summed E-state index contributed by atoms with van der Waals surface area (Å²) in [6, 6.07) is 0. The lowest BCUT2D eigenvalue weighted by Gasteiger charge is -2.29. The highest BCUT2D eigenvalue weighted by Crippen LogP contribution is 2.36. The van der Waals surface area contributed by atoms with E-state index in [0.29, 0.717) is 11.3 Å². The summed E-state index contributed by atoms with van der Waals surface area (Å²) in [6.45, 7) is 1.88. The number of anilines is 1. The predicted octanol–water partition coefficient (Wildman–Crippen LogP) is 0.339. The number of aliphatic hydroxyl groups excluding tert-OH is 1. The van der Waals surface area contributed by atoms with Gasteiger partial charge in [0.2, 0.25) is 5.95 Å². The highest BCUT2D eigenvalue weighted by atomic mass is 16.3. The minimum Gasteiger partial charge on any atom is -0.388 e. The summed E-state index contributed by atoms with van der Waals surface area (Å²) in [5, 5.41) is 9.81. The molecule has 0 fully saturated rings. The fourth-order valence-electron chi connectivity index (χ4n) is 1.98. The van der Waals surface area contributed by atoms with Crippen molar-refractivity contribution in [3.8, 4) is 0 Å². The number of nitrogen functional groups attached to an aromatic ring is 1. The minimum atomic E-state index is -0.485. The molecule has 0 aliphatic heterocycles. The molecule has 6 heteroatoms. The van der Waals surface area contributed by atoms with E-state index in [2.05, 4.69) is 19.9 Å². The van der Waals surface area contributed by atoms with E-state index in [9.17, 15) is 5.11 Å². The van der Waals surface area contributed by atoms with Crippen molar-refractivity contribution in [2.24, 2.45) is 0 Å². The number of nitrogens with two attached hydrogens (primary N) is 1. The zero-order chi connectivity index (χ0) is 11.3. The Kier molecular flexibility index (Phi) is 1.75. The predicted molar refractivity (Wildman–Crippen MR) is 58.6 cm³/mol. The monoisotopic (exact) mass is 217 g/mol. The molecule has 6 nitrogen and oxygen atoms in total. The Balaban J connectivity index is 2.20. The Hall–Kier alpha value is -1.95. The molecule has 0 aromatic carbocycles. The number of fused-ring (bicyclic) bond motifs is 1. The van der Waals surface area contributed by atoms with Crippen LogP contribution in [-0.4, -0.2) is 31.1 Å². The van der Waals surface area contributed by atoms with Gasteiger partial charge >= 0.3 is 0 Å². The Morgan fingerprint density at radius 2 is 2.25 bits per heavy atom. The van der Waals surface area contributed by atoms with Crippen molar-refractivity contribution in [3.05, 3.63) is 23.7 Å². The van der Waals surface area contributed by atoms with Crippen LogP contribution in [-0.2, 0) is 0 Å². The van der Waals surface area contributed by atoms with Gasteiger partial charge in [-0.3, -0.25) is 0 Å². The molecule has 4 N–H and O–H groups in total. The maximum Gasteiger partial charge on any atom is 0.222 e. The number of aliphatic hydroxyl groups is 1. The quantitative estimate of drug-likeness (QED) is 0.598. The van der Waals surface area contributed by atoms with Crippen LogP contribution in [0.4, 0.5) is 5.95 Å². The highest BCUT2D eigenvalue weighted by molar-refractivity contribution is 5.75. The number of rotatable bonds is 1. The maximum atomic E-state index is 9.81. The lowest BCUT2D eigenvalue weighted by molar-refractivity contribution is 0.171. The summed E-state index contributed by atoms with van der Waals surface area (Å²) in [7, 11) is 0. The summed E-state index contributed by atoms with van der Waals surface area (Å²) in [5.41, 5.74) is 8.54. The smallest absolute Gasteiger partial charge is 0.222 e. The molecule has 2 aromatic heterocycles. The fourth-order valence-corrected chi connectivity index (χ4v) is 1.98. The molecular formula is C10H11N5O. The van der Waals surface area contributed by atoms with E-state index in [1.165, 1.54) is 0 Å². The molecule has 0 saturated heterocycles. The molecule has 2 atom stereocenters. The summed E-state index contributed by atoms with van der Waals surface area (Å²) < 4.78 is 0. The molecule has 0 bridgehead atoms. The summed E-state index contributed by atoms with van der Waals surface area (Å²) in [6.07, 6.45) is 3.03. The van der Waals surface area contributed by atoms with Gasteiger partial charge in [0.15, 0.2) is 5.65 Å². The molecule has 0 radical (unpaired) electrons. The molecule has 0 amide bonds. The van der Waals surface area contributed by atoms with Crippen LogP contribution in [0, 0.1) is 0 Å². The first-order valence-corrected chi connectivity index (χ1v) is 4.99. The van der Waals surface area contributed by atoms with Crippen LogP contribution < -0.4 is 5.73 Å². The van der Waals surface area contributed by atoms with Crippen LogP contribution in [0.2, 0.25) is 0 Å². The van der Waals surface area contributed by atoms with Gasteiger partial charge in [-0.05, 0) is 12.5 Å². The van der Waals surface area contributed by atoms with Gasteiger partial charge in [0.1, 0.15) is 5.52 Å². The molecule has 1 aliphatic carbocycles. The third-order valence-electron chi connectivity index (χ3n) is 2.90. The van der Waals surface area contributed by atoms with E-state index < -0.39 is 6.10 Å². The van der Waals surface area contributed by atoms with Crippen molar-refractivity contribution in [3.63, 3.8) is 0 Å². The van der Waals surface area contributed by atoms with Crippen molar-refractivity contribution in [1.29, 1.82) is 0 Å². The molecule has 3 rings (SSSR count). The first-order chi connectivity index (χ1) is 7.66. The van der Waals surface area contributed by atoms with Gasteiger partial charge in [-0.25, -0.2) is 9.97 Å². The Bertz CT molecular complexity index is 588. The Morgan fingerprint density at radius 3 is 2.94 bits per heavy atom. The molecule has 1 aliphatic rings. The summed E-state index contributed by atoms with van der Waals surface area (Å²) in [4.78, 5) is 15.2. The Morgan fingerprint density at radius 1 is 1.44 bits per heavy atom. The van der Waals surface area contributed by atoms with E-state index in [0.717, 1.165) is 11.1 Å². The normalized spacial score (nSPS) is 24.2. The van der Waals surface area contributed by atoms with Crippen LogP contribution in [0.1, 0.15) is 18.5 Å². The second-order valence-corrected chi connectivity index (χ2v) is 3.95. The van der Waals surface area contributed by atoms with Crippen LogP contribution in [0.25, 0.3) is 11.2 Å². The second-order valence-electron chi connectivity index (χ2n) is 3.95. The number of hydrogen-bond acceptors (Lipinski definition) is 5. The lowest BCUT2D eigenvalue weighted by atomic mass is 9.81. The molecule has 0 spiro atoms. The van der Waals surface area contributed by atoms with Gasteiger partial charge in [-0.1, -0.05) is 6.08 Å². The zero-order valence-electron chi connectivity index (χ0n) is 8.68. The number of imidazole rings is 1. The highest BCUT2D eigenvalue weighted by Gasteiger charge is 2.32. The van der Waals surface area contributed by atoms with Crippen molar-refractivity contribution < 1.29 is 5.11 Å². The third kappa shape index (κ3) is 1.13. The molecule has 2 heterocycles. The number of aromatic nitrogens is 4. The van der Waals surface area contributed by atoms with Crippen LogP contribution >= 0.6 is 0 Å². The van der Waals surface area contributed by atoms with Crippen molar-refractivity contribution in [1.82, 2.24) is 19.9 Å². The number of aromatic amines is 1. The topological polar surface area (TPSA) is 101 Å². The summed E-state index contributed by atoms with van der Waals surface area (Å²) in [5.74, 6) is 0.0630. The third-order valence-corrected chi connectivity index (χ3v) is 2.90. The molecule has 2 unspecified atom stereocenters. The second kappa shape index (κ2) is 3.02.